The summed E-state index contributed by atoms with van der Waals surface area (Å²) in [6.07, 6.45) is 16.7. The minimum atomic E-state index is -1.87. The van der Waals surface area contributed by atoms with Gasteiger partial charge in [-0.1, -0.05) is 90.4 Å². The third-order valence-corrected chi connectivity index (χ3v) is 16.0. The first-order valence-electron chi connectivity index (χ1n) is 36.3. The number of carbonyl (C=O) groups excluding carboxylic acids is 14. The number of hydrogen-bond acceptors (Lipinski definition) is 25. The fraction of sp³-hybridized carbons (Fsp3) is 0.773. The van der Waals surface area contributed by atoms with Crippen LogP contribution in [0.2, 0.25) is 0 Å². The summed E-state index contributed by atoms with van der Waals surface area (Å²) in [6.45, 7) is -0.115. The second-order valence-electron chi connectivity index (χ2n) is 24.9. The summed E-state index contributed by atoms with van der Waals surface area (Å²) in [5.41, 5.74) is 16.3. The predicted molar refractivity (Wildman–Crippen MR) is 377 cm³/mol. The van der Waals surface area contributed by atoms with Gasteiger partial charge in [0, 0.05) is 51.7 Å². The fourth-order valence-corrected chi connectivity index (χ4v) is 10.0. The van der Waals surface area contributed by atoms with Crippen LogP contribution in [0.1, 0.15) is 180 Å². The number of hydrogen-bond donors (Lipinski definition) is 18. The monoisotopic (exact) mass is 1500 g/mol. The highest BCUT2D eigenvalue weighted by Gasteiger charge is 2.34. The molecule has 0 radical (unpaired) electrons. The number of rotatable bonds is 67. The molecule has 105 heavy (non-hydrogen) atoms. The summed E-state index contributed by atoms with van der Waals surface area (Å²) in [6, 6.07) is -10.9. The summed E-state index contributed by atoms with van der Waals surface area (Å²) in [7, 11) is 0. The van der Waals surface area contributed by atoms with Crippen molar-refractivity contribution >= 4 is 82.6 Å². The first kappa shape index (κ1) is 94.5. The fourth-order valence-electron chi connectivity index (χ4n) is 10.0. The van der Waals surface area contributed by atoms with Crippen molar-refractivity contribution in [2.45, 2.75) is 223 Å². The second-order valence-corrected chi connectivity index (χ2v) is 24.9. The molecule has 1 rings (SSSR count). The van der Waals surface area contributed by atoms with Crippen LogP contribution in [0.3, 0.4) is 0 Å². The summed E-state index contributed by atoms with van der Waals surface area (Å²) in [5.74, 6) is -10.5. The van der Waals surface area contributed by atoms with Crippen LogP contribution in [0.15, 0.2) is 0 Å². The summed E-state index contributed by atoms with van der Waals surface area (Å²) in [5, 5.41) is 70.6. The largest absolute Gasteiger partial charge is 0.394 e. The number of ether oxygens (including phenoxy) is 4. The number of aliphatic hydroxyl groups is 3. The molecule has 0 aliphatic rings. The number of aromatic amines is 1. The van der Waals surface area contributed by atoms with Gasteiger partial charge in [-0.15, -0.1) is 5.10 Å². The van der Waals surface area contributed by atoms with Gasteiger partial charge in [-0.3, -0.25) is 67.1 Å². The molecule has 0 saturated heterocycles. The van der Waals surface area contributed by atoms with E-state index in [2.05, 4.69) is 79.1 Å². The molecule has 39 nitrogen and oxygen atoms in total. The smallest absolute Gasteiger partial charge is 0.246 e. The molecule has 13 amide bonds. The Bertz CT molecular complexity index is 2720. The Morgan fingerprint density at radius 1 is 0.400 bits per heavy atom. The van der Waals surface area contributed by atoms with Crippen molar-refractivity contribution in [1.29, 1.82) is 0 Å². The molecule has 0 fully saturated rings. The maximum atomic E-state index is 13.9. The van der Waals surface area contributed by atoms with Gasteiger partial charge in [-0.05, 0) is 75.3 Å². The number of amides is 13. The van der Waals surface area contributed by atoms with Crippen molar-refractivity contribution < 1.29 is 101 Å². The number of nitrogens with one attached hydrogen (secondary N) is 12. The minimum absolute atomic E-state index is 0.00817. The molecular formula is C66H118N18O21. The third-order valence-electron chi connectivity index (χ3n) is 16.0. The van der Waals surface area contributed by atoms with E-state index in [1.807, 2.05) is 6.92 Å². The molecule has 0 unspecified atom stereocenters. The lowest BCUT2D eigenvalue weighted by atomic mass is 10.0. The zero-order valence-electron chi connectivity index (χ0n) is 61.0. The topological polar surface area (TPSA) is 601 Å². The Morgan fingerprint density at radius 2 is 0.819 bits per heavy atom. The van der Waals surface area contributed by atoms with Crippen molar-refractivity contribution in [2.75, 3.05) is 105 Å². The number of H-pyrrole nitrogens is 1. The molecule has 7 atom stereocenters. The highest BCUT2D eigenvalue weighted by molar-refractivity contribution is 5.98. The first-order valence-corrected chi connectivity index (χ1v) is 36.3. The molecule has 0 aromatic carbocycles. The molecule has 0 spiro atoms. The quantitative estimate of drug-likeness (QED) is 0.0271. The molecule has 0 aliphatic heterocycles. The molecule has 0 aliphatic carbocycles. The van der Waals surface area contributed by atoms with Gasteiger partial charge in [0.15, 0.2) is 5.78 Å². The van der Waals surface area contributed by atoms with Crippen molar-refractivity contribution in [1.82, 2.24) is 79.1 Å². The predicted octanol–water partition coefficient (Wildman–Crippen LogP) is -5.07. The average Bonchev–Trinajstić information content (AvgIpc) is 1.41. The summed E-state index contributed by atoms with van der Waals surface area (Å²) >= 11 is 0. The van der Waals surface area contributed by atoms with Crippen LogP contribution in [-0.4, -0.2) is 266 Å². The Hall–Kier alpha value is -8.47. The maximum absolute atomic E-state index is 13.9. The van der Waals surface area contributed by atoms with Crippen LogP contribution in [0.5, 0.6) is 0 Å². The number of aromatic nitrogens is 4. The molecule has 0 saturated carbocycles. The SMILES string of the molecule is CCCC[C@H](NC(=O)CCNC(=O)[C@H](CO)NC(=O)[C@H](CCC(N)=O)NC(=O)[C@@H](CCCCN)NC(=O)[C@H](CO)NC(=O)[C@H](CCC(N)=O)NC(=O)[C@@H](CO)NC(=O)CNC(=O)COCCOCCNC(=O)COCCOCCNC(=O)CCCCCCCCCCCCCCCc1nnn[nH]1)C(C)=O. The van der Waals surface area contributed by atoms with E-state index in [0.717, 1.165) is 44.3 Å². The van der Waals surface area contributed by atoms with E-state index in [1.165, 1.54) is 64.7 Å². The van der Waals surface area contributed by atoms with Crippen LogP contribution >= 0.6 is 0 Å². The van der Waals surface area contributed by atoms with Gasteiger partial charge in [0.1, 0.15) is 55.3 Å². The number of ketones is 1. The number of unbranched alkanes of at least 4 members (excludes halogenated alkanes) is 14. The number of Topliss-reactive ketones (excluding diaryl/α,β-unsaturated/α-hetero) is 1. The van der Waals surface area contributed by atoms with E-state index in [-0.39, 0.29) is 96.1 Å². The number of primary amides is 2. The lowest BCUT2D eigenvalue weighted by Gasteiger charge is -2.27. The van der Waals surface area contributed by atoms with E-state index in [1.54, 1.807) is 0 Å². The number of nitrogens with zero attached hydrogens (tertiary/aromatic N) is 3. The molecule has 1 aromatic rings. The standard InChI is InChI=1S/C66H118N18O21/c1-3-4-20-46(45(2)88)74-57(92)28-30-72-61(96)50(40-85)79-63(98)48(24-26-53(68)89)77-62(97)47(21-18-19-29-67)76-66(101)52(42-87)80-64(99)49(25-27-54(69)90)78-65(100)51(41-86)75-58(93)39-73-60(95)44-105-38-36-103-34-32-71-59(94)43-104-37-35-102-33-31-70-56(91)23-17-15-13-11-9-7-5-6-8-10-12-14-16-22-55-81-83-84-82-55/h46-52,85-87H,3-44,67H2,1-2H3,(H2,68,89)(H2,69,90)(H,70,91)(H,71,94)(H,72,96)(H,73,95)(H,74,92)(H,75,93)(H,76,101)(H,77,97)(H,78,100)(H,79,98)(H,80,99)(H,81,82,83,84)/t46-,47+,48-,49-,50-,51+,52-/m0/s1. The van der Waals surface area contributed by atoms with Gasteiger partial charge in [0.05, 0.1) is 72.0 Å². The van der Waals surface area contributed by atoms with Crippen LogP contribution in [0.25, 0.3) is 0 Å². The number of aryl methyl sites for hydroxylation is 1. The molecule has 21 N–H and O–H groups in total. The van der Waals surface area contributed by atoms with Gasteiger partial charge in [-0.25, -0.2) is 5.10 Å². The van der Waals surface area contributed by atoms with Gasteiger partial charge >= 0.3 is 0 Å². The van der Waals surface area contributed by atoms with Gasteiger partial charge < -0.3 is 110 Å². The van der Waals surface area contributed by atoms with Gasteiger partial charge in [0.25, 0.3) is 0 Å². The van der Waals surface area contributed by atoms with E-state index in [4.69, 9.17) is 36.1 Å². The van der Waals surface area contributed by atoms with Gasteiger partial charge in [0.2, 0.25) is 76.8 Å². The number of carbonyl (C=O) groups is 14. The highest BCUT2D eigenvalue weighted by Crippen LogP contribution is 2.14. The van der Waals surface area contributed by atoms with Crippen LogP contribution in [0.4, 0.5) is 0 Å². The number of aliphatic hydroxyl groups excluding tert-OH is 3. The molecule has 0 bridgehead atoms. The first-order chi connectivity index (χ1) is 50.5. The highest BCUT2D eigenvalue weighted by atomic mass is 16.5. The van der Waals surface area contributed by atoms with E-state index in [9.17, 15) is 82.4 Å². The third kappa shape index (κ3) is 49.0. The molecular weight excluding hydrogens is 1380 g/mol. The van der Waals surface area contributed by atoms with Crippen LogP contribution < -0.4 is 75.7 Å². The van der Waals surface area contributed by atoms with E-state index >= 15 is 0 Å². The van der Waals surface area contributed by atoms with Crippen molar-refractivity contribution in [3.05, 3.63) is 5.82 Å². The van der Waals surface area contributed by atoms with Crippen molar-refractivity contribution in [2.24, 2.45) is 17.2 Å². The zero-order valence-corrected chi connectivity index (χ0v) is 61.0. The Balaban J connectivity index is 2.50. The molecule has 39 heteroatoms. The Kier molecular flexibility index (Phi) is 54.7. The van der Waals surface area contributed by atoms with E-state index in [0.29, 0.717) is 38.8 Å². The molecule has 1 heterocycles. The molecule has 598 valence electrons. The van der Waals surface area contributed by atoms with Crippen molar-refractivity contribution in [3.8, 4) is 0 Å². The van der Waals surface area contributed by atoms with E-state index < -0.39 is 166 Å². The lowest BCUT2D eigenvalue weighted by Crippen LogP contribution is -2.61. The summed E-state index contributed by atoms with van der Waals surface area (Å²) < 4.78 is 21.4. The average molecular weight is 1500 g/mol. The minimum Gasteiger partial charge on any atom is -0.394 e. The maximum Gasteiger partial charge on any atom is 0.246 e. The second kappa shape index (κ2) is 60.8. The van der Waals surface area contributed by atoms with Crippen LogP contribution in [-0.2, 0) is 92.5 Å². The number of tetrazole rings is 1. The van der Waals surface area contributed by atoms with Crippen LogP contribution in [0, 0.1) is 0 Å². The van der Waals surface area contributed by atoms with Gasteiger partial charge in [-0.2, -0.15) is 0 Å². The normalized spacial score (nSPS) is 13.0. The summed E-state index contributed by atoms with van der Waals surface area (Å²) in [4.78, 5) is 179. The lowest BCUT2D eigenvalue weighted by molar-refractivity contribution is -0.136. The number of nitrogens with two attached hydrogens (primary N) is 3. The molecule has 1 aromatic heterocycles. The Labute approximate surface area is 612 Å². The van der Waals surface area contributed by atoms with Crippen molar-refractivity contribution in [3.63, 3.8) is 0 Å². The zero-order chi connectivity index (χ0) is 77.8. The Morgan fingerprint density at radius 3 is 1.29 bits per heavy atom.